The van der Waals surface area contributed by atoms with Crippen LogP contribution in [0.25, 0.3) is 0 Å². The number of ether oxygens (including phenoxy) is 2. The van der Waals surface area contributed by atoms with E-state index in [1.54, 1.807) is 17.0 Å². The van der Waals surface area contributed by atoms with Crippen molar-refractivity contribution in [2.24, 2.45) is 0 Å². The average molecular weight is 305 g/mol. The van der Waals surface area contributed by atoms with Crippen LogP contribution in [-0.2, 0) is 0 Å². The van der Waals surface area contributed by atoms with Gasteiger partial charge in [0.05, 0.1) is 11.7 Å². The van der Waals surface area contributed by atoms with Crippen molar-refractivity contribution in [3.8, 4) is 11.5 Å². The molecule has 1 aliphatic heterocycles. The Hall–Kier alpha value is -3.01. The highest BCUT2D eigenvalue weighted by Crippen LogP contribution is 2.38. The van der Waals surface area contributed by atoms with E-state index >= 15 is 0 Å². The summed E-state index contributed by atoms with van der Waals surface area (Å²) in [5, 5.41) is 0. The largest absolute Gasteiger partial charge is 0.482 e. The van der Waals surface area contributed by atoms with Crippen molar-refractivity contribution in [2.45, 2.75) is 12.1 Å². The lowest BCUT2D eigenvalue weighted by atomic mass is 10.0. The first-order chi connectivity index (χ1) is 11.3. The van der Waals surface area contributed by atoms with Gasteiger partial charge in [0.1, 0.15) is 17.6 Å². The van der Waals surface area contributed by atoms with Gasteiger partial charge in [-0.25, -0.2) is 4.79 Å². The molecule has 0 N–H and O–H groups in total. The lowest BCUT2D eigenvalue weighted by Crippen LogP contribution is -2.52. The SMILES string of the molecule is O=C(Oc1ccccc1)N1c2ccccc2OC2C=CC=CC21. The molecule has 0 saturated heterocycles. The van der Waals surface area contributed by atoms with Crippen LogP contribution in [0.3, 0.4) is 0 Å². The van der Waals surface area contributed by atoms with Gasteiger partial charge in [-0.15, -0.1) is 0 Å². The Morgan fingerprint density at radius 3 is 2.57 bits per heavy atom. The predicted octanol–water partition coefficient (Wildman–Crippen LogP) is 3.95. The number of rotatable bonds is 1. The first-order valence-electron chi connectivity index (χ1n) is 7.50. The first kappa shape index (κ1) is 13.6. The van der Waals surface area contributed by atoms with Crippen LogP contribution < -0.4 is 14.4 Å². The van der Waals surface area contributed by atoms with Crippen LogP contribution in [0.15, 0.2) is 78.9 Å². The number of carbonyl (C=O) groups excluding carboxylic acids is 1. The average Bonchev–Trinajstić information content (AvgIpc) is 2.60. The van der Waals surface area contributed by atoms with E-state index in [4.69, 9.17) is 9.47 Å². The smallest absolute Gasteiger partial charge is 0.420 e. The van der Waals surface area contributed by atoms with Gasteiger partial charge in [-0.05, 0) is 30.3 Å². The molecule has 0 fully saturated rings. The van der Waals surface area contributed by atoms with Crippen molar-refractivity contribution >= 4 is 11.8 Å². The van der Waals surface area contributed by atoms with E-state index < -0.39 is 6.09 Å². The van der Waals surface area contributed by atoms with Crippen molar-refractivity contribution in [3.05, 3.63) is 78.9 Å². The quantitative estimate of drug-likeness (QED) is 0.801. The minimum Gasteiger partial charge on any atom is -0.482 e. The summed E-state index contributed by atoms with van der Waals surface area (Å²) in [5.74, 6) is 1.20. The van der Waals surface area contributed by atoms with Crippen molar-refractivity contribution in [1.82, 2.24) is 0 Å². The topological polar surface area (TPSA) is 38.8 Å². The van der Waals surface area contributed by atoms with Gasteiger partial charge in [0, 0.05) is 0 Å². The molecule has 4 heteroatoms. The van der Waals surface area contributed by atoms with E-state index in [0.717, 1.165) is 5.69 Å². The van der Waals surface area contributed by atoms with E-state index in [1.165, 1.54) is 0 Å². The van der Waals surface area contributed by atoms with Crippen molar-refractivity contribution < 1.29 is 14.3 Å². The monoisotopic (exact) mass is 305 g/mol. The second-order valence-corrected chi connectivity index (χ2v) is 5.36. The van der Waals surface area contributed by atoms with E-state index in [1.807, 2.05) is 66.8 Å². The van der Waals surface area contributed by atoms with E-state index in [2.05, 4.69) is 0 Å². The number of nitrogens with zero attached hydrogens (tertiary/aromatic N) is 1. The summed E-state index contributed by atoms with van der Waals surface area (Å²) in [6.07, 6.45) is 7.12. The summed E-state index contributed by atoms with van der Waals surface area (Å²) in [5.41, 5.74) is 0.717. The maximum Gasteiger partial charge on any atom is 0.420 e. The Morgan fingerprint density at radius 2 is 1.70 bits per heavy atom. The molecule has 23 heavy (non-hydrogen) atoms. The molecule has 114 valence electrons. The number of hydrogen-bond acceptors (Lipinski definition) is 3. The van der Waals surface area contributed by atoms with Gasteiger partial charge in [-0.3, -0.25) is 4.90 Å². The molecule has 0 saturated carbocycles. The summed E-state index contributed by atoms with van der Waals surface area (Å²) < 4.78 is 11.5. The van der Waals surface area contributed by atoms with Gasteiger partial charge in [0.15, 0.2) is 0 Å². The molecule has 0 aromatic heterocycles. The highest BCUT2D eigenvalue weighted by Gasteiger charge is 2.38. The first-order valence-corrected chi connectivity index (χ1v) is 7.50. The summed E-state index contributed by atoms with van der Waals surface area (Å²) in [4.78, 5) is 14.4. The number of benzene rings is 2. The highest BCUT2D eigenvalue weighted by atomic mass is 16.6. The second-order valence-electron chi connectivity index (χ2n) is 5.36. The zero-order valence-electron chi connectivity index (χ0n) is 12.3. The van der Waals surface area contributed by atoms with Crippen LogP contribution in [0, 0.1) is 0 Å². The molecular weight excluding hydrogens is 290 g/mol. The van der Waals surface area contributed by atoms with E-state index in [-0.39, 0.29) is 12.1 Å². The van der Waals surface area contributed by atoms with Gasteiger partial charge in [-0.1, -0.05) is 48.6 Å². The second kappa shape index (κ2) is 5.65. The van der Waals surface area contributed by atoms with Gasteiger partial charge < -0.3 is 9.47 Å². The fourth-order valence-corrected chi connectivity index (χ4v) is 2.84. The number of hydrogen-bond donors (Lipinski definition) is 0. The number of anilines is 1. The van der Waals surface area contributed by atoms with Crippen LogP contribution in [-0.4, -0.2) is 18.2 Å². The third-order valence-corrected chi connectivity index (χ3v) is 3.89. The predicted molar refractivity (Wildman–Crippen MR) is 87.9 cm³/mol. The molecule has 2 aromatic rings. The Kier molecular flexibility index (Phi) is 3.35. The van der Waals surface area contributed by atoms with Gasteiger partial charge in [0.25, 0.3) is 0 Å². The van der Waals surface area contributed by atoms with Gasteiger partial charge in [-0.2, -0.15) is 0 Å². The van der Waals surface area contributed by atoms with Crippen molar-refractivity contribution in [1.29, 1.82) is 0 Å². The normalized spacial score (nSPS) is 21.1. The number of amides is 1. The molecule has 0 radical (unpaired) electrons. The summed E-state index contributed by atoms with van der Waals surface area (Å²) in [6, 6.07) is 16.4. The number of carbonyl (C=O) groups is 1. The molecule has 2 aromatic carbocycles. The maximum absolute atomic E-state index is 12.8. The summed E-state index contributed by atoms with van der Waals surface area (Å²) in [6.45, 7) is 0. The molecule has 1 amide bonds. The molecule has 4 nitrogen and oxygen atoms in total. The van der Waals surface area contributed by atoms with Crippen LogP contribution >= 0.6 is 0 Å². The zero-order valence-corrected chi connectivity index (χ0v) is 12.3. The van der Waals surface area contributed by atoms with Crippen molar-refractivity contribution in [2.75, 3.05) is 4.90 Å². The van der Waals surface area contributed by atoms with Gasteiger partial charge in [0.2, 0.25) is 0 Å². The summed E-state index contributed by atoms with van der Waals surface area (Å²) >= 11 is 0. The molecular formula is C19H15NO3. The Morgan fingerprint density at radius 1 is 0.957 bits per heavy atom. The Labute approximate surface area is 134 Å². The molecule has 4 rings (SSSR count). The molecule has 2 unspecified atom stereocenters. The number of fused-ring (bicyclic) bond motifs is 2. The lowest BCUT2D eigenvalue weighted by Gasteiger charge is -2.39. The maximum atomic E-state index is 12.8. The third kappa shape index (κ3) is 2.48. The van der Waals surface area contributed by atoms with Crippen LogP contribution in [0.2, 0.25) is 0 Å². The fraction of sp³-hybridized carbons (Fsp3) is 0.105. The molecule has 1 aliphatic carbocycles. The molecule has 2 aliphatic rings. The minimum absolute atomic E-state index is 0.210. The summed E-state index contributed by atoms with van der Waals surface area (Å²) in [7, 11) is 0. The van der Waals surface area contributed by atoms with Crippen LogP contribution in [0.4, 0.5) is 10.5 Å². The van der Waals surface area contributed by atoms with Gasteiger partial charge >= 0.3 is 6.09 Å². The molecule has 2 atom stereocenters. The molecule has 0 spiro atoms. The Balaban J connectivity index is 1.71. The van der Waals surface area contributed by atoms with Crippen LogP contribution in [0.5, 0.6) is 11.5 Å². The number of allylic oxidation sites excluding steroid dienone is 2. The van der Waals surface area contributed by atoms with E-state index in [0.29, 0.717) is 11.5 Å². The molecule has 1 heterocycles. The lowest BCUT2D eigenvalue weighted by molar-refractivity contribution is 0.181. The third-order valence-electron chi connectivity index (χ3n) is 3.89. The number of para-hydroxylation sites is 3. The highest BCUT2D eigenvalue weighted by molar-refractivity contribution is 5.93. The van der Waals surface area contributed by atoms with Crippen molar-refractivity contribution in [3.63, 3.8) is 0 Å². The standard InChI is InChI=1S/C19H15NO3/c21-19(22-14-8-2-1-3-9-14)20-15-10-4-6-12-17(15)23-18-13-7-5-11-16(18)20/h1-13,15,17H. The minimum atomic E-state index is -0.415. The Bertz CT molecular complexity index is 782. The van der Waals surface area contributed by atoms with Crippen LogP contribution in [0.1, 0.15) is 0 Å². The van der Waals surface area contributed by atoms with E-state index in [9.17, 15) is 4.79 Å². The zero-order chi connectivity index (χ0) is 15.6. The molecule has 0 bridgehead atoms. The fourth-order valence-electron chi connectivity index (χ4n) is 2.84.